The van der Waals surface area contributed by atoms with Crippen molar-refractivity contribution < 1.29 is 0 Å². The van der Waals surface area contributed by atoms with Gasteiger partial charge in [-0.15, -0.1) is 0 Å². The maximum absolute atomic E-state index is 2.45. The Hall–Kier alpha value is -4.42. The summed E-state index contributed by atoms with van der Waals surface area (Å²) >= 11 is 0. The molecule has 0 saturated heterocycles. The Morgan fingerprint density at radius 1 is 0.459 bits per heavy atom. The van der Waals surface area contributed by atoms with Gasteiger partial charge in [-0.3, -0.25) is 0 Å². The minimum atomic E-state index is 1.08. The summed E-state index contributed by atoms with van der Waals surface area (Å²) in [5, 5.41) is 7.99. The van der Waals surface area contributed by atoms with Gasteiger partial charge in [-0.05, 0) is 85.1 Å². The molecule has 0 unspecified atom stereocenters. The molecule has 7 rings (SSSR count). The van der Waals surface area contributed by atoms with Crippen LogP contribution in [0.2, 0.25) is 0 Å². The van der Waals surface area contributed by atoms with Gasteiger partial charge in [-0.25, -0.2) is 0 Å². The van der Waals surface area contributed by atoms with Crippen LogP contribution in [-0.2, 0) is 0 Å². The van der Waals surface area contributed by atoms with Crippen LogP contribution in [0.5, 0.6) is 0 Å². The van der Waals surface area contributed by atoms with Crippen LogP contribution in [0.4, 0.5) is 0 Å². The first-order valence-corrected chi connectivity index (χ1v) is 13.2. The van der Waals surface area contributed by atoms with Gasteiger partial charge in [0.2, 0.25) is 0 Å². The van der Waals surface area contributed by atoms with Crippen LogP contribution >= 0.6 is 0 Å². The Morgan fingerprint density at radius 2 is 1.08 bits per heavy atom. The SMILES string of the molecule is Cc1ccc2c(-c3ccc(-c4cccc5ccccc45)cc3)c3c(c(-c4ccccc4)c2c1)=CCCC=3. The molecule has 0 heterocycles. The predicted octanol–water partition coefficient (Wildman–Crippen LogP) is 8.66. The fraction of sp³-hybridized carbons (Fsp3) is 0.0811. The van der Waals surface area contributed by atoms with Crippen molar-refractivity contribution >= 4 is 33.7 Å². The van der Waals surface area contributed by atoms with Gasteiger partial charge in [-0.1, -0.05) is 133 Å². The minimum Gasteiger partial charge on any atom is -0.0757 e. The van der Waals surface area contributed by atoms with E-state index in [2.05, 4.69) is 134 Å². The molecule has 0 aliphatic heterocycles. The van der Waals surface area contributed by atoms with E-state index in [-0.39, 0.29) is 0 Å². The molecule has 0 bridgehead atoms. The van der Waals surface area contributed by atoms with Crippen molar-refractivity contribution in [3.63, 3.8) is 0 Å². The summed E-state index contributed by atoms with van der Waals surface area (Å²) in [7, 11) is 0. The molecule has 0 radical (unpaired) electrons. The standard InChI is InChI=1S/C37H28/c1-25-18-23-34-35(24-25)37(28-11-3-2-4-12-28)33-16-8-7-15-32(33)36(34)29-21-19-27(20-22-29)31-17-9-13-26-10-5-6-14-30(26)31/h2-6,9-24H,7-8H2,1H3. The third-order valence-electron chi connectivity index (χ3n) is 7.74. The Balaban J connectivity index is 1.49. The summed E-state index contributed by atoms with van der Waals surface area (Å²) < 4.78 is 0. The van der Waals surface area contributed by atoms with Gasteiger partial charge in [0.25, 0.3) is 0 Å². The van der Waals surface area contributed by atoms with Gasteiger partial charge in [0.1, 0.15) is 0 Å². The molecule has 1 aliphatic carbocycles. The molecule has 0 amide bonds. The molecule has 37 heavy (non-hydrogen) atoms. The van der Waals surface area contributed by atoms with Crippen molar-refractivity contribution in [2.45, 2.75) is 19.8 Å². The predicted molar refractivity (Wildman–Crippen MR) is 160 cm³/mol. The fourth-order valence-corrected chi connectivity index (χ4v) is 6.04. The molecule has 6 aromatic rings. The molecule has 0 N–H and O–H groups in total. The highest BCUT2D eigenvalue weighted by molar-refractivity contribution is 6.06. The zero-order chi connectivity index (χ0) is 24.8. The topological polar surface area (TPSA) is 0 Å². The van der Waals surface area contributed by atoms with Crippen LogP contribution in [0.3, 0.4) is 0 Å². The Kier molecular flexibility index (Phi) is 5.26. The zero-order valence-corrected chi connectivity index (χ0v) is 21.0. The van der Waals surface area contributed by atoms with Crippen molar-refractivity contribution in [1.82, 2.24) is 0 Å². The van der Waals surface area contributed by atoms with E-state index in [0.29, 0.717) is 0 Å². The lowest BCUT2D eigenvalue weighted by molar-refractivity contribution is 1.12. The molecule has 0 heteroatoms. The highest BCUT2D eigenvalue weighted by Gasteiger charge is 2.16. The lowest BCUT2D eigenvalue weighted by atomic mass is 9.85. The first-order chi connectivity index (χ1) is 18.3. The highest BCUT2D eigenvalue weighted by Crippen LogP contribution is 2.34. The van der Waals surface area contributed by atoms with E-state index in [1.165, 1.54) is 70.9 Å². The zero-order valence-electron chi connectivity index (χ0n) is 21.0. The van der Waals surface area contributed by atoms with Crippen LogP contribution in [0.15, 0.2) is 115 Å². The molecule has 0 spiro atoms. The van der Waals surface area contributed by atoms with Gasteiger partial charge in [0.15, 0.2) is 0 Å². The van der Waals surface area contributed by atoms with E-state index in [9.17, 15) is 0 Å². The number of rotatable bonds is 3. The maximum Gasteiger partial charge on any atom is -0.00296 e. The van der Waals surface area contributed by atoms with E-state index >= 15 is 0 Å². The summed E-state index contributed by atoms with van der Waals surface area (Å²) in [5.74, 6) is 0. The van der Waals surface area contributed by atoms with Crippen LogP contribution in [0, 0.1) is 6.92 Å². The monoisotopic (exact) mass is 472 g/mol. The Labute approximate surface area is 217 Å². The number of benzene rings is 6. The van der Waals surface area contributed by atoms with Gasteiger partial charge in [0, 0.05) is 0 Å². The third-order valence-corrected chi connectivity index (χ3v) is 7.74. The van der Waals surface area contributed by atoms with Crippen molar-refractivity contribution in [2.75, 3.05) is 0 Å². The van der Waals surface area contributed by atoms with E-state index in [1.807, 2.05) is 0 Å². The lowest BCUT2D eigenvalue weighted by Gasteiger charge is -2.18. The first-order valence-electron chi connectivity index (χ1n) is 13.2. The smallest absolute Gasteiger partial charge is 0.00296 e. The van der Waals surface area contributed by atoms with Crippen molar-refractivity contribution in [2.24, 2.45) is 0 Å². The molecular weight excluding hydrogens is 444 g/mol. The summed E-state index contributed by atoms with van der Waals surface area (Å²) in [6, 6.07) is 42.3. The van der Waals surface area contributed by atoms with Crippen molar-refractivity contribution in [3.8, 4) is 33.4 Å². The summed E-state index contributed by atoms with van der Waals surface area (Å²) in [5.41, 5.74) is 9.12. The Morgan fingerprint density at radius 3 is 1.86 bits per heavy atom. The molecule has 0 aromatic heterocycles. The average molecular weight is 473 g/mol. The van der Waals surface area contributed by atoms with Gasteiger partial charge in [0.05, 0.1) is 0 Å². The molecule has 0 nitrogen and oxygen atoms in total. The van der Waals surface area contributed by atoms with E-state index in [4.69, 9.17) is 0 Å². The highest BCUT2D eigenvalue weighted by atomic mass is 14.2. The van der Waals surface area contributed by atoms with Crippen LogP contribution in [0.25, 0.3) is 67.1 Å². The summed E-state index contributed by atoms with van der Waals surface area (Å²) in [4.78, 5) is 0. The normalized spacial score (nSPS) is 12.7. The molecule has 0 saturated carbocycles. The second kappa shape index (κ2) is 8.91. The van der Waals surface area contributed by atoms with Crippen LogP contribution < -0.4 is 10.4 Å². The number of fused-ring (bicyclic) bond motifs is 3. The minimum absolute atomic E-state index is 1.08. The quantitative estimate of drug-likeness (QED) is 0.242. The van der Waals surface area contributed by atoms with Gasteiger partial charge in [-0.2, -0.15) is 0 Å². The molecule has 0 atom stereocenters. The van der Waals surface area contributed by atoms with Crippen molar-refractivity contribution in [3.05, 3.63) is 131 Å². The lowest BCUT2D eigenvalue weighted by Crippen LogP contribution is -2.31. The van der Waals surface area contributed by atoms with Gasteiger partial charge >= 0.3 is 0 Å². The molecule has 6 aromatic carbocycles. The fourth-order valence-electron chi connectivity index (χ4n) is 6.04. The average Bonchev–Trinajstić information content (AvgIpc) is 2.96. The van der Waals surface area contributed by atoms with Crippen LogP contribution in [-0.4, -0.2) is 0 Å². The number of aryl methyl sites for hydroxylation is 1. The Bertz CT molecular complexity index is 1900. The molecular formula is C37H28. The first kappa shape index (κ1) is 21.8. The molecule has 0 fully saturated rings. The van der Waals surface area contributed by atoms with Crippen LogP contribution in [0.1, 0.15) is 18.4 Å². The second-order valence-electron chi connectivity index (χ2n) is 10.1. The molecule has 1 aliphatic rings. The summed E-state index contributed by atoms with van der Waals surface area (Å²) in [6.07, 6.45) is 7.08. The van der Waals surface area contributed by atoms with E-state index in [1.54, 1.807) is 0 Å². The largest absolute Gasteiger partial charge is 0.0757 e. The van der Waals surface area contributed by atoms with Crippen molar-refractivity contribution in [1.29, 1.82) is 0 Å². The third kappa shape index (κ3) is 3.69. The van der Waals surface area contributed by atoms with E-state index in [0.717, 1.165) is 12.8 Å². The second-order valence-corrected chi connectivity index (χ2v) is 10.1. The van der Waals surface area contributed by atoms with E-state index < -0.39 is 0 Å². The number of hydrogen-bond acceptors (Lipinski definition) is 0. The van der Waals surface area contributed by atoms with Gasteiger partial charge < -0.3 is 0 Å². The molecule has 176 valence electrons. The summed E-state index contributed by atoms with van der Waals surface area (Å²) in [6.45, 7) is 2.20. The number of hydrogen-bond donors (Lipinski definition) is 0. The maximum atomic E-state index is 2.45.